The van der Waals surface area contributed by atoms with Crippen molar-refractivity contribution in [1.29, 1.82) is 0 Å². The zero-order valence-electron chi connectivity index (χ0n) is 13.9. The molecule has 0 spiro atoms. The van der Waals surface area contributed by atoms with Crippen molar-refractivity contribution >= 4 is 11.7 Å². The second-order valence-electron chi connectivity index (χ2n) is 6.13. The lowest BCUT2D eigenvalue weighted by molar-refractivity contribution is 0.0954. The number of rotatable bonds is 6. The highest BCUT2D eigenvalue weighted by atomic mass is 16.1. The minimum atomic E-state index is -0.0883. The fraction of sp³-hybridized carbons (Fsp3) is 0.471. The Hall–Kier alpha value is -2.37. The van der Waals surface area contributed by atoms with Crippen LogP contribution >= 0.6 is 0 Å². The van der Waals surface area contributed by atoms with Crippen LogP contribution in [0.1, 0.15) is 40.2 Å². The molecule has 0 saturated heterocycles. The highest BCUT2D eigenvalue weighted by Crippen LogP contribution is 2.23. The molecule has 0 aliphatic heterocycles. The van der Waals surface area contributed by atoms with Gasteiger partial charge in [-0.3, -0.25) is 9.48 Å². The number of anilines is 1. The first-order valence-electron chi connectivity index (χ1n) is 8.04. The van der Waals surface area contributed by atoms with Crippen LogP contribution < -0.4 is 10.6 Å². The van der Waals surface area contributed by atoms with Gasteiger partial charge in [0.2, 0.25) is 0 Å². The molecule has 1 aliphatic carbocycles. The molecule has 2 aromatic heterocycles. The predicted molar refractivity (Wildman–Crippen MR) is 89.6 cm³/mol. The molecule has 1 fully saturated rings. The van der Waals surface area contributed by atoms with E-state index in [-0.39, 0.29) is 5.91 Å². The molecule has 1 aliphatic rings. The van der Waals surface area contributed by atoms with Crippen LogP contribution in [0.2, 0.25) is 0 Å². The first-order valence-corrected chi connectivity index (χ1v) is 8.04. The Morgan fingerprint density at radius 3 is 2.70 bits per heavy atom. The maximum absolute atomic E-state index is 12.2. The Balaban J connectivity index is 1.52. The van der Waals surface area contributed by atoms with Crippen molar-refractivity contribution in [2.24, 2.45) is 7.05 Å². The average molecular weight is 313 g/mol. The lowest BCUT2D eigenvalue weighted by Crippen LogP contribution is -2.26. The lowest BCUT2D eigenvalue weighted by Gasteiger charge is -2.07. The van der Waals surface area contributed by atoms with Gasteiger partial charge in [-0.05, 0) is 50.8 Å². The van der Waals surface area contributed by atoms with Gasteiger partial charge in [-0.15, -0.1) is 0 Å². The number of amides is 1. The number of carbonyl (C=O) groups is 1. The van der Waals surface area contributed by atoms with Crippen LogP contribution in [0.5, 0.6) is 0 Å². The van der Waals surface area contributed by atoms with Crippen molar-refractivity contribution in [3.8, 4) is 0 Å². The van der Waals surface area contributed by atoms with E-state index in [4.69, 9.17) is 0 Å². The van der Waals surface area contributed by atoms with Gasteiger partial charge < -0.3 is 10.6 Å². The largest absolute Gasteiger partial charge is 0.367 e. The quantitative estimate of drug-likeness (QED) is 0.855. The molecule has 1 amide bonds. The number of nitrogens with one attached hydrogen (secondary N) is 2. The lowest BCUT2D eigenvalue weighted by atomic mass is 10.1. The fourth-order valence-electron chi connectivity index (χ4n) is 2.63. The number of carbonyl (C=O) groups excluding carboxylic acids is 1. The van der Waals surface area contributed by atoms with Crippen molar-refractivity contribution in [2.45, 2.75) is 39.2 Å². The molecule has 2 heterocycles. The first-order chi connectivity index (χ1) is 11.0. The van der Waals surface area contributed by atoms with E-state index in [1.165, 1.54) is 18.4 Å². The first kappa shape index (κ1) is 15.5. The van der Waals surface area contributed by atoms with Crippen molar-refractivity contribution in [3.63, 3.8) is 0 Å². The second-order valence-corrected chi connectivity index (χ2v) is 6.13. The Kier molecular flexibility index (Phi) is 4.32. The van der Waals surface area contributed by atoms with Gasteiger partial charge >= 0.3 is 0 Å². The molecule has 0 radical (unpaired) electrons. The predicted octanol–water partition coefficient (Wildman–Crippen LogP) is 1.98. The maximum Gasteiger partial charge on any atom is 0.252 e. The summed E-state index contributed by atoms with van der Waals surface area (Å²) in [6, 6.07) is 4.24. The molecule has 0 atom stereocenters. The number of pyridine rings is 1. The Labute approximate surface area is 136 Å². The Morgan fingerprint density at radius 2 is 2.13 bits per heavy atom. The zero-order valence-corrected chi connectivity index (χ0v) is 13.9. The molecule has 1 saturated carbocycles. The normalized spacial score (nSPS) is 13.9. The summed E-state index contributed by atoms with van der Waals surface area (Å²) in [5.74, 6) is 0.750. The number of aromatic nitrogens is 3. The van der Waals surface area contributed by atoms with Crippen LogP contribution in [0.15, 0.2) is 18.3 Å². The summed E-state index contributed by atoms with van der Waals surface area (Å²) in [5.41, 5.74) is 3.96. The summed E-state index contributed by atoms with van der Waals surface area (Å²) < 4.78 is 1.88. The molecular weight excluding hydrogens is 290 g/mol. The van der Waals surface area contributed by atoms with Gasteiger partial charge in [-0.25, -0.2) is 4.98 Å². The minimum Gasteiger partial charge on any atom is -0.367 e. The standard InChI is InChI=1S/C17H23N5O/c1-11-15(12(2)22(3)21-11)8-9-18-17(23)13-4-7-16(19-10-13)20-14-5-6-14/h4,7,10,14H,5-6,8-9H2,1-3H3,(H,18,23)(H,19,20). The number of aryl methyl sites for hydroxylation is 2. The summed E-state index contributed by atoms with van der Waals surface area (Å²) in [7, 11) is 1.94. The molecule has 2 aromatic rings. The van der Waals surface area contributed by atoms with E-state index < -0.39 is 0 Å². The summed E-state index contributed by atoms with van der Waals surface area (Å²) in [6.07, 6.45) is 4.82. The van der Waals surface area contributed by atoms with Gasteiger partial charge in [0.15, 0.2) is 0 Å². The third-order valence-electron chi connectivity index (χ3n) is 4.27. The minimum absolute atomic E-state index is 0.0883. The highest BCUT2D eigenvalue weighted by Gasteiger charge is 2.21. The van der Waals surface area contributed by atoms with E-state index in [1.807, 2.05) is 37.7 Å². The SMILES string of the molecule is Cc1nn(C)c(C)c1CCNC(=O)c1ccc(NC2CC2)nc1. The van der Waals surface area contributed by atoms with Crippen molar-refractivity contribution < 1.29 is 4.79 Å². The number of hydrogen-bond acceptors (Lipinski definition) is 4. The zero-order chi connectivity index (χ0) is 16.4. The molecule has 6 heteroatoms. The third-order valence-corrected chi connectivity index (χ3v) is 4.27. The van der Waals surface area contributed by atoms with E-state index in [0.29, 0.717) is 18.2 Å². The van der Waals surface area contributed by atoms with Crippen LogP contribution in [0, 0.1) is 13.8 Å². The molecule has 0 unspecified atom stereocenters. The van der Waals surface area contributed by atoms with E-state index in [1.54, 1.807) is 6.20 Å². The number of nitrogens with zero attached hydrogens (tertiary/aromatic N) is 3. The monoisotopic (exact) mass is 313 g/mol. The number of hydrogen-bond donors (Lipinski definition) is 2. The van der Waals surface area contributed by atoms with Crippen LogP contribution in [0.3, 0.4) is 0 Å². The molecule has 0 bridgehead atoms. The van der Waals surface area contributed by atoms with Gasteiger partial charge in [-0.1, -0.05) is 0 Å². The fourth-order valence-corrected chi connectivity index (χ4v) is 2.63. The van der Waals surface area contributed by atoms with Crippen LogP contribution in [0.25, 0.3) is 0 Å². The van der Waals surface area contributed by atoms with Crippen LogP contribution in [-0.2, 0) is 13.5 Å². The molecule has 23 heavy (non-hydrogen) atoms. The molecular formula is C17H23N5O. The van der Waals surface area contributed by atoms with Gasteiger partial charge in [0.25, 0.3) is 5.91 Å². The van der Waals surface area contributed by atoms with E-state index in [2.05, 4.69) is 20.7 Å². The van der Waals surface area contributed by atoms with Gasteiger partial charge in [0.1, 0.15) is 5.82 Å². The summed E-state index contributed by atoms with van der Waals surface area (Å²) in [6.45, 7) is 4.64. The van der Waals surface area contributed by atoms with E-state index >= 15 is 0 Å². The smallest absolute Gasteiger partial charge is 0.252 e. The summed E-state index contributed by atoms with van der Waals surface area (Å²) in [5, 5.41) is 10.6. The van der Waals surface area contributed by atoms with Gasteiger partial charge in [0, 0.05) is 31.5 Å². The Morgan fingerprint density at radius 1 is 1.35 bits per heavy atom. The van der Waals surface area contributed by atoms with E-state index in [9.17, 15) is 4.79 Å². The van der Waals surface area contributed by atoms with Gasteiger partial charge in [-0.2, -0.15) is 5.10 Å². The van der Waals surface area contributed by atoms with E-state index in [0.717, 1.165) is 23.6 Å². The highest BCUT2D eigenvalue weighted by molar-refractivity contribution is 5.94. The maximum atomic E-state index is 12.2. The topological polar surface area (TPSA) is 71.8 Å². The molecule has 3 rings (SSSR count). The van der Waals surface area contributed by atoms with Crippen molar-refractivity contribution in [1.82, 2.24) is 20.1 Å². The molecule has 2 N–H and O–H groups in total. The van der Waals surface area contributed by atoms with Crippen molar-refractivity contribution in [3.05, 3.63) is 40.8 Å². The molecule has 0 aromatic carbocycles. The average Bonchev–Trinajstić information content (AvgIpc) is 3.31. The Bertz CT molecular complexity index is 701. The second kappa shape index (κ2) is 6.40. The summed E-state index contributed by atoms with van der Waals surface area (Å²) in [4.78, 5) is 16.5. The van der Waals surface area contributed by atoms with Crippen LogP contribution in [0.4, 0.5) is 5.82 Å². The third kappa shape index (κ3) is 3.70. The van der Waals surface area contributed by atoms with Crippen LogP contribution in [-0.4, -0.2) is 33.3 Å². The summed E-state index contributed by atoms with van der Waals surface area (Å²) >= 11 is 0. The van der Waals surface area contributed by atoms with Gasteiger partial charge in [0.05, 0.1) is 11.3 Å². The molecule has 122 valence electrons. The molecule has 6 nitrogen and oxygen atoms in total. The van der Waals surface area contributed by atoms with Crippen molar-refractivity contribution in [2.75, 3.05) is 11.9 Å².